The van der Waals surface area contributed by atoms with Crippen LogP contribution in [0.3, 0.4) is 0 Å². The Kier molecular flexibility index (Phi) is 38.9. The van der Waals surface area contributed by atoms with Crippen LogP contribution in [0.1, 0.15) is 200 Å². The van der Waals surface area contributed by atoms with Crippen molar-refractivity contribution in [2.75, 3.05) is 27.2 Å². The third kappa shape index (κ3) is 43.4. The summed E-state index contributed by atoms with van der Waals surface area (Å²) in [6, 6.07) is 0. The van der Waals surface area contributed by atoms with Gasteiger partial charge in [0.25, 0.3) is 0 Å². The topological polar surface area (TPSA) is 69.6 Å². The lowest BCUT2D eigenvalue weighted by Crippen LogP contribution is -2.26. The van der Waals surface area contributed by atoms with Gasteiger partial charge in [-0.3, -0.25) is 9.59 Å². The van der Waals surface area contributed by atoms with Gasteiger partial charge in [0.1, 0.15) is 0 Å². The molecule has 0 aromatic rings. The SMILES string of the molecule is CCCCCCCCCCCCCCCC(=O)NCCCN(C)C.CCCCCCCCCCCCCCCC(=O)O. The first-order valence-electron chi connectivity index (χ1n) is 18.6. The van der Waals surface area contributed by atoms with Crippen LogP contribution >= 0.6 is 0 Å². The van der Waals surface area contributed by atoms with Crippen LogP contribution < -0.4 is 5.32 Å². The summed E-state index contributed by atoms with van der Waals surface area (Å²) in [6.07, 6.45) is 36.6. The predicted molar refractivity (Wildman–Crippen MR) is 184 cm³/mol. The van der Waals surface area contributed by atoms with Crippen LogP contribution in [-0.2, 0) is 9.59 Å². The molecule has 0 fully saturated rings. The van der Waals surface area contributed by atoms with Crippen molar-refractivity contribution in [3.63, 3.8) is 0 Å². The first kappa shape index (κ1) is 43.0. The van der Waals surface area contributed by atoms with E-state index in [1.54, 1.807) is 0 Å². The number of carbonyl (C=O) groups excluding carboxylic acids is 1. The second-order valence-electron chi connectivity index (χ2n) is 12.9. The van der Waals surface area contributed by atoms with E-state index < -0.39 is 5.97 Å². The Balaban J connectivity index is 0. The maximum Gasteiger partial charge on any atom is 0.303 e. The minimum atomic E-state index is -0.655. The normalized spacial score (nSPS) is 11.0. The minimum absolute atomic E-state index is 0.233. The lowest BCUT2D eigenvalue weighted by atomic mass is 10.0. The molecule has 0 spiro atoms. The molecule has 0 aliphatic carbocycles. The van der Waals surface area contributed by atoms with Crippen molar-refractivity contribution >= 4 is 11.9 Å². The summed E-state index contributed by atoms with van der Waals surface area (Å²) in [6.45, 7) is 6.39. The smallest absolute Gasteiger partial charge is 0.303 e. The molecule has 0 saturated heterocycles. The van der Waals surface area contributed by atoms with Crippen molar-refractivity contribution in [2.24, 2.45) is 0 Å². The van der Waals surface area contributed by atoms with E-state index in [4.69, 9.17) is 5.11 Å². The van der Waals surface area contributed by atoms with E-state index in [0.717, 1.165) is 38.8 Å². The standard InChI is InChI=1S/C21H44N2O.C16H32O2/c1-4-5-6-7-8-9-10-11-12-13-14-15-16-18-21(24)22-19-17-20-23(2)3;1-2-3-4-5-6-7-8-9-10-11-12-13-14-15-16(17)18/h4-20H2,1-3H3,(H,22,24);2-15H2,1H3,(H,17,18). The van der Waals surface area contributed by atoms with Crippen molar-refractivity contribution < 1.29 is 14.7 Å². The van der Waals surface area contributed by atoms with Crippen LogP contribution in [0.5, 0.6) is 0 Å². The van der Waals surface area contributed by atoms with E-state index in [0.29, 0.717) is 12.8 Å². The zero-order chi connectivity index (χ0) is 31.4. The molecule has 0 heterocycles. The van der Waals surface area contributed by atoms with E-state index in [-0.39, 0.29) is 5.91 Å². The van der Waals surface area contributed by atoms with Gasteiger partial charge in [0, 0.05) is 19.4 Å². The van der Waals surface area contributed by atoms with Gasteiger partial charge in [0.05, 0.1) is 0 Å². The second kappa shape index (κ2) is 37.9. The van der Waals surface area contributed by atoms with Gasteiger partial charge >= 0.3 is 5.97 Å². The van der Waals surface area contributed by atoms with Gasteiger partial charge in [0.2, 0.25) is 5.91 Å². The maximum atomic E-state index is 11.7. The molecule has 0 saturated carbocycles. The predicted octanol–water partition coefficient (Wildman–Crippen LogP) is 11.1. The van der Waals surface area contributed by atoms with E-state index in [2.05, 4.69) is 38.2 Å². The molecular formula is C37H76N2O3. The molecule has 5 heteroatoms. The zero-order valence-electron chi connectivity index (χ0n) is 29.1. The number of carboxylic acids is 1. The second-order valence-corrected chi connectivity index (χ2v) is 12.9. The number of hydrogen-bond acceptors (Lipinski definition) is 3. The molecule has 252 valence electrons. The molecule has 0 atom stereocenters. The number of hydrogen-bond donors (Lipinski definition) is 2. The fourth-order valence-electron chi connectivity index (χ4n) is 5.31. The first-order valence-corrected chi connectivity index (χ1v) is 18.6. The lowest BCUT2D eigenvalue weighted by molar-refractivity contribution is -0.137. The van der Waals surface area contributed by atoms with Crippen molar-refractivity contribution in [2.45, 2.75) is 200 Å². The Morgan fingerprint density at radius 1 is 0.476 bits per heavy atom. The van der Waals surface area contributed by atoms with Gasteiger partial charge in [-0.1, -0.05) is 168 Å². The molecule has 0 aromatic heterocycles. The Bertz CT molecular complexity index is 539. The van der Waals surface area contributed by atoms with Gasteiger partial charge in [0.15, 0.2) is 0 Å². The van der Waals surface area contributed by atoms with Crippen LogP contribution in [0.4, 0.5) is 0 Å². The van der Waals surface area contributed by atoms with Gasteiger partial charge in [-0.15, -0.1) is 0 Å². The first-order chi connectivity index (χ1) is 20.4. The Morgan fingerprint density at radius 2 is 0.786 bits per heavy atom. The largest absolute Gasteiger partial charge is 0.481 e. The average molecular weight is 597 g/mol. The van der Waals surface area contributed by atoms with E-state index in [9.17, 15) is 9.59 Å². The van der Waals surface area contributed by atoms with Gasteiger partial charge < -0.3 is 15.3 Å². The molecule has 0 unspecified atom stereocenters. The van der Waals surface area contributed by atoms with E-state index in [1.807, 2.05) is 0 Å². The number of nitrogens with zero attached hydrogens (tertiary/aromatic N) is 1. The monoisotopic (exact) mass is 597 g/mol. The summed E-state index contributed by atoms with van der Waals surface area (Å²) in [4.78, 5) is 24.1. The quantitative estimate of drug-likeness (QED) is 0.0758. The Labute approximate surface area is 263 Å². The number of aliphatic carboxylic acids is 1. The molecule has 1 amide bonds. The number of carboxylic acid groups (broad SMARTS) is 1. The summed E-state index contributed by atoms with van der Waals surface area (Å²) < 4.78 is 0. The number of carbonyl (C=O) groups is 2. The Morgan fingerprint density at radius 3 is 1.10 bits per heavy atom. The van der Waals surface area contributed by atoms with E-state index >= 15 is 0 Å². The maximum absolute atomic E-state index is 11.7. The third-order valence-corrected chi connectivity index (χ3v) is 8.11. The summed E-state index contributed by atoms with van der Waals surface area (Å²) in [5.74, 6) is -0.421. The van der Waals surface area contributed by atoms with Crippen LogP contribution in [0.2, 0.25) is 0 Å². The summed E-state index contributed by atoms with van der Waals surface area (Å²) in [5.41, 5.74) is 0. The molecule has 42 heavy (non-hydrogen) atoms. The van der Waals surface area contributed by atoms with Gasteiger partial charge in [-0.2, -0.15) is 0 Å². The number of unbranched alkanes of at least 4 members (excludes halogenated alkanes) is 24. The number of nitrogens with one attached hydrogen (secondary N) is 1. The fourth-order valence-corrected chi connectivity index (χ4v) is 5.31. The highest BCUT2D eigenvalue weighted by atomic mass is 16.4. The van der Waals surface area contributed by atoms with E-state index in [1.165, 1.54) is 148 Å². The van der Waals surface area contributed by atoms with Crippen molar-refractivity contribution in [1.82, 2.24) is 10.2 Å². The molecule has 0 aromatic carbocycles. The number of rotatable bonds is 32. The molecule has 0 bridgehead atoms. The molecule has 0 radical (unpaired) electrons. The summed E-state index contributed by atoms with van der Waals surface area (Å²) in [7, 11) is 4.13. The highest BCUT2D eigenvalue weighted by Gasteiger charge is 2.01. The highest BCUT2D eigenvalue weighted by Crippen LogP contribution is 2.14. The molecule has 2 N–H and O–H groups in total. The highest BCUT2D eigenvalue weighted by molar-refractivity contribution is 5.75. The van der Waals surface area contributed by atoms with Crippen molar-refractivity contribution in [1.29, 1.82) is 0 Å². The Hall–Kier alpha value is -1.10. The van der Waals surface area contributed by atoms with Crippen LogP contribution in [-0.4, -0.2) is 49.1 Å². The number of amides is 1. The lowest BCUT2D eigenvalue weighted by Gasteiger charge is -2.09. The zero-order valence-corrected chi connectivity index (χ0v) is 29.1. The fraction of sp³-hybridized carbons (Fsp3) is 0.946. The summed E-state index contributed by atoms with van der Waals surface area (Å²) in [5, 5.41) is 11.5. The summed E-state index contributed by atoms with van der Waals surface area (Å²) >= 11 is 0. The molecule has 0 rings (SSSR count). The molecular weight excluding hydrogens is 520 g/mol. The molecule has 5 nitrogen and oxygen atoms in total. The van der Waals surface area contributed by atoms with Crippen LogP contribution in [0, 0.1) is 0 Å². The van der Waals surface area contributed by atoms with Crippen molar-refractivity contribution in [3.05, 3.63) is 0 Å². The minimum Gasteiger partial charge on any atom is -0.481 e. The van der Waals surface area contributed by atoms with Crippen LogP contribution in [0.25, 0.3) is 0 Å². The average Bonchev–Trinajstić information content (AvgIpc) is 2.96. The molecule has 0 aliphatic rings. The van der Waals surface area contributed by atoms with Gasteiger partial charge in [-0.05, 0) is 39.9 Å². The van der Waals surface area contributed by atoms with Gasteiger partial charge in [-0.25, -0.2) is 0 Å². The molecule has 0 aliphatic heterocycles. The van der Waals surface area contributed by atoms with Crippen molar-refractivity contribution in [3.8, 4) is 0 Å². The van der Waals surface area contributed by atoms with Crippen LogP contribution in [0.15, 0.2) is 0 Å². The third-order valence-electron chi connectivity index (χ3n) is 8.11.